The van der Waals surface area contributed by atoms with Gasteiger partial charge < -0.3 is 60.5 Å². The number of hydrogen-bond donors (Lipinski definition) is 10. The maximum atomic E-state index is 11.0. The third kappa shape index (κ3) is 110. The number of hydrogen-bond acceptors (Lipinski definition) is 12. The summed E-state index contributed by atoms with van der Waals surface area (Å²) in [7, 11) is 0. The second-order valence-electron chi connectivity index (χ2n) is 9.49. The molecule has 0 aliphatic rings. The van der Waals surface area contributed by atoms with E-state index in [0.29, 0.717) is 12.2 Å². The first-order chi connectivity index (χ1) is 24.7. The summed E-state index contributed by atoms with van der Waals surface area (Å²) in [5, 5.41) is 77.1. The van der Waals surface area contributed by atoms with E-state index in [9.17, 15) is 4.79 Å². The molecule has 0 aliphatic carbocycles. The zero-order chi connectivity index (χ0) is 42.9. The first-order valence-corrected chi connectivity index (χ1v) is 18.5. The summed E-state index contributed by atoms with van der Waals surface area (Å²) in [5.74, 6) is -1.14. The van der Waals surface area contributed by atoms with Crippen molar-refractivity contribution in [2.45, 2.75) is 140 Å². The van der Waals surface area contributed by atoms with Gasteiger partial charge in [-0.1, -0.05) is 63.6 Å². The van der Waals surface area contributed by atoms with Crippen LogP contribution in [0.1, 0.15) is 134 Å². The van der Waals surface area contributed by atoms with E-state index in [2.05, 4.69) is 6.92 Å². The summed E-state index contributed by atoms with van der Waals surface area (Å²) in [6.07, 6.45) is 10.4. The van der Waals surface area contributed by atoms with Crippen molar-refractivity contribution in [1.29, 1.82) is 0 Å². The van der Waals surface area contributed by atoms with Gasteiger partial charge in [-0.05, 0) is 87.8 Å². The van der Waals surface area contributed by atoms with Gasteiger partial charge in [0.25, 0.3) is 0 Å². The van der Waals surface area contributed by atoms with Crippen molar-refractivity contribution in [1.82, 2.24) is 0 Å². The highest BCUT2D eigenvalue weighted by atomic mass is 16.7. The summed E-state index contributed by atoms with van der Waals surface area (Å²) in [5.41, 5.74) is 0.155. The number of aliphatic hydroxyl groups is 9. The SMILES string of the molecule is CCCCCCCCCC(C)(OC=C(C)C(=O)O)Oc1ccccc1.CCO.CCO.CCO.CCO.CCO.CCO.CCO.CCO.CCO. The average molecular weight is 763 g/mol. The molecule has 0 bridgehead atoms. The Morgan fingerprint density at radius 1 is 0.558 bits per heavy atom. The van der Waals surface area contributed by atoms with Crippen LogP contribution in [-0.2, 0) is 9.53 Å². The number of aliphatic hydroxyl groups excluding tert-OH is 9. The van der Waals surface area contributed by atoms with Crippen molar-refractivity contribution in [3.05, 3.63) is 42.2 Å². The van der Waals surface area contributed by atoms with Gasteiger partial charge >= 0.3 is 5.97 Å². The summed E-state index contributed by atoms with van der Waals surface area (Å²) in [6.45, 7) is 23.0. The summed E-state index contributed by atoms with van der Waals surface area (Å²) >= 11 is 0. The van der Waals surface area contributed by atoms with E-state index >= 15 is 0 Å². The quantitative estimate of drug-likeness (QED) is 0.0487. The van der Waals surface area contributed by atoms with Crippen LogP contribution >= 0.6 is 0 Å². The Morgan fingerprint density at radius 2 is 0.846 bits per heavy atom. The molecule has 13 nitrogen and oxygen atoms in total. The Hall–Kier alpha value is -2.33. The van der Waals surface area contributed by atoms with Crippen LogP contribution in [0.2, 0.25) is 0 Å². The molecule has 52 heavy (non-hydrogen) atoms. The van der Waals surface area contributed by atoms with E-state index in [4.69, 9.17) is 60.5 Å². The molecule has 0 aliphatic heterocycles. The van der Waals surface area contributed by atoms with Crippen LogP contribution in [0.25, 0.3) is 0 Å². The number of carbonyl (C=O) groups is 1. The number of carboxylic acids is 1. The fourth-order valence-corrected chi connectivity index (χ4v) is 2.54. The van der Waals surface area contributed by atoms with Crippen molar-refractivity contribution < 1.29 is 65.3 Å². The number of para-hydroxylation sites is 1. The predicted octanol–water partition coefficient (Wildman–Crippen LogP) is 5.91. The minimum atomic E-state index is -0.988. The minimum Gasteiger partial charge on any atom is -0.478 e. The van der Waals surface area contributed by atoms with Gasteiger partial charge in [-0.15, -0.1) is 0 Å². The van der Waals surface area contributed by atoms with E-state index in [0.717, 1.165) is 12.8 Å². The molecule has 1 aromatic carbocycles. The Morgan fingerprint density at radius 3 is 1.13 bits per heavy atom. The molecular weight excluding hydrogens is 676 g/mol. The predicted molar refractivity (Wildman–Crippen MR) is 215 cm³/mol. The number of aliphatic carboxylic acids is 1. The summed E-state index contributed by atoms with van der Waals surface area (Å²) < 4.78 is 11.8. The molecule has 1 rings (SSSR count). The van der Waals surface area contributed by atoms with Crippen LogP contribution in [0.5, 0.6) is 5.75 Å². The van der Waals surface area contributed by atoms with Gasteiger partial charge in [-0.3, -0.25) is 0 Å². The Bertz CT molecular complexity index is 651. The van der Waals surface area contributed by atoms with Crippen molar-refractivity contribution in [2.24, 2.45) is 0 Å². The van der Waals surface area contributed by atoms with E-state index in [1.165, 1.54) is 45.3 Å². The van der Waals surface area contributed by atoms with Crippen LogP contribution < -0.4 is 4.74 Å². The largest absolute Gasteiger partial charge is 0.478 e. The number of rotatable bonds is 13. The fourth-order valence-electron chi connectivity index (χ4n) is 2.54. The van der Waals surface area contributed by atoms with Gasteiger partial charge in [-0.25, -0.2) is 4.79 Å². The van der Waals surface area contributed by atoms with Gasteiger partial charge in [0.2, 0.25) is 5.79 Å². The van der Waals surface area contributed by atoms with E-state index in [1.807, 2.05) is 37.3 Å². The van der Waals surface area contributed by atoms with Crippen LogP contribution in [-0.4, -0.2) is 122 Å². The van der Waals surface area contributed by atoms with Crippen LogP contribution in [0.15, 0.2) is 42.2 Å². The number of unbranched alkanes of at least 4 members (excludes halogenated alkanes) is 6. The standard InChI is InChI=1S/C21H32O4.9C2H6O/c1-4-5-6-7-8-9-13-16-21(3,24-17-18(2)20(22)23)25-19-14-11-10-12-15-19;9*1-2-3/h10-12,14-15,17H,4-9,13,16H2,1-3H3,(H,22,23);9*3H,2H2,1H3. The highest BCUT2D eigenvalue weighted by Crippen LogP contribution is 2.26. The van der Waals surface area contributed by atoms with Gasteiger partial charge in [-0.2, -0.15) is 0 Å². The highest BCUT2D eigenvalue weighted by Gasteiger charge is 2.27. The smallest absolute Gasteiger partial charge is 0.334 e. The molecule has 0 heterocycles. The van der Waals surface area contributed by atoms with Crippen molar-refractivity contribution in [2.75, 3.05) is 59.5 Å². The maximum absolute atomic E-state index is 11.0. The molecule has 1 unspecified atom stereocenters. The molecule has 10 N–H and O–H groups in total. The number of benzene rings is 1. The molecule has 13 heteroatoms. The van der Waals surface area contributed by atoms with Crippen LogP contribution in [0.3, 0.4) is 0 Å². The lowest BCUT2D eigenvalue weighted by atomic mass is 10.1. The topological polar surface area (TPSA) is 238 Å². The van der Waals surface area contributed by atoms with Crippen molar-refractivity contribution in [3.8, 4) is 5.75 Å². The molecule has 0 saturated carbocycles. The lowest BCUT2D eigenvalue weighted by molar-refractivity contribution is -0.140. The normalized spacial score (nSPS) is 9.83. The molecule has 0 fully saturated rings. The van der Waals surface area contributed by atoms with Crippen molar-refractivity contribution >= 4 is 5.97 Å². The average Bonchev–Trinajstić information content (AvgIpc) is 3.07. The Balaban J connectivity index is -0.0000000794. The Kier molecular flexibility index (Phi) is 107. The first-order valence-electron chi connectivity index (χ1n) is 18.5. The molecule has 0 saturated heterocycles. The molecule has 0 spiro atoms. The van der Waals surface area contributed by atoms with E-state index < -0.39 is 11.8 Å². The highest BCUT2D eigenvalue weighted by molar-refractivity contribution is 5.85. The second kappa shape index (κ2) is 77.9. The van der Waals surface area contributed by atoms with Crippen LogP contribution in [0.4, 0.5) is 0 Å². The van der Waals surface area contributed by atoms with Gasteiger partial charge in [0.1, 0.15) is 5.75 Å². The zero-order valence-electron chi connectivity index (χ0n) is 35.2. The summed E-state index contributed by atoms with van der Waals surface area (Å²) in [4.78, 5) is 11.0. The van der Waals surface area contributed by atoms with E-state index in [1.54, 1.807) is 62.3 Å². The molecular formula is C39H86O13. The van der Waals surface area contributed by atoms with Gasteiger partial charge in [0, 0.05) is 72.8 Å². The monoisotopic (exact) mass is 763 g/mol. The molecule has 0 aromatic heterocycles. The zero-order valence-corrected chi connectivity index (χ0v) is 35.2. The number of ether oxygens (including phenoxy) is 2. The minimum absolute atomic E-state index is 0.155. The molecule has 0 radical (unpaired) electrons. The van der Waals surface area contributed by atoms with Crippen LogP contribution in [0, 0.1) is 0 Å². The molecule has 1 aromatic rings. The maximum Gasteiger partial charge on any atom is 0.334 e. The lowest BCUT2D eigenvalue weighted by Crippen LogP contribution is -2.34. The summed E-state index contributed by atoms with van der Waals surface area (Å²) in [6, 6.07) is 9.49. The third-order valence-electron chi connectivity index (χ3n) is 4.13. The first kappa shape index (κ1) is 71.1. The lowest BCUT2D eigenvalue weighted by Gasteiger charge is -2.30. The molecule has 1 atom stereocenters. The van der Waals surface area contributed by atoms with E-state index in [-0.39, 0.29) is 65.0 Å². The second-order valence-corrected chi connectivity index (χ2v) is 9.49. The fraction of sp³-hybridized carbons (Fsp3) is 0.769. The third-order valence-corrected chi connectivity index (χ3v) is 4.13. The van der Waals surface area contributed by atoms with Crippen molar-refractivity contribution in [3.63, 3.8) is 0 Å². The van der Waals surface area contributed by atoms with Gasteiger partial charge in [0.15, 0.2) is 0 Å². The molecule has 0 amide bonds. The Labute approximate surface area is 318 Å². The number of carboxylic acid groups (broad SMARTS) is 1. The molecule has 320 valence electrons. The van der Waals surface area contributed by atoms with Gasteiger partial charge in [0.05, 0.1) is 11.8 Å².